The molecule has 1 saturated heterocycles. The summed E-state index contributed by atoms with van der Waals surface area (Å²) in [6.07, 6.45) is -3.73. The van der Waals surface area contributed by atoms with Crippen LogP contribution >= 0.6 is 0 Å². The molecule has 3 rings (SSSR count). The minimum absolute atomic E-state index is 0.215. The van der Waals surface area contributed by atoms with Crippen LogP contribution in [0.5, 0.6) is 0 Å². The van der Waals surface area contributed by atoms with E-state index in [0.29, 0.717) is 24.2 Å². The normalized spacial score (nSPS) is 18.8. The van der Waals surface area contributed by atoms with Crippen LogP contribution in [0.3, 0.4) is 0 Å². The molecule has 8 heteroatoms. The number of alkyl halides is 3. The number of likely N-dealkylation sites (tertiary alicyclic amines) is 1. The van der Waals surface area contributed by atoms with Crippen molar-refractivity contribution >= 4 is 11.6 Å². The van der Waals surface area contributed by atoms with Gasteiger partial charge in [-0.15, -0.1) is 0 Å². The second-order valence-electron chi connectivity index (χ2n) is 6.84. The van der Waals surface area contributed by atoms with E-state index in [1.807, 2.05) is 6.07 Å². The summed E-state index contributed by atoms with van der Waals surface area (Å²) in [7, 11) is 0. The molecular weight excluding hydrogens is 374 g/mol. The zero-order valence-electron chi connectivity index (χ0n) is 15.0. The molecule has 2 N–H and O–H groups in total. The van der Waals surface area contributed by atoms with Crippen LogP contribution in [0.4, 0.5) is 23.2 Å². The third-order valence-electron chi connectivity index (χ3n) is 4.58. The maximum atomic E-state index is 13.1. The van der Waals surface area contributed by atoms with Gasteiger partial charge in [-0.1, -0.05) is 30.3 Å². The highest BCUT2D eigenvalue weighted by atomic mass is 19.4. The molecule has 150 valence electrons. The first kappa shape index (κ1) is 20.3. The van der Waals surface area contributed by atoms with E-state index in [1.54, 1.807) is 24.3 Å². The van der Waals surface area contributed by atoms with Crippen LogP contribution in [0, 0.1) is 5.82 Å². The van der Waals surface area contributed by atoms with Crippen molar-refractivity contribution in [3.05, 3.63) is 66.0 Å². The van der Waals surface area contributed by atoms with Crippen LogP contribution in [0.15, 0.2) is 54.6 Å². The smallest absolute Gasteiger partial charge is 0.324 e. The van der Waals surface area contributed by atoms with E-state index in [-0.39, 0.29) is 18.5 Å². The van der Waals surface area contributed by atoms with Gasteiger partial charge in [-0.25, -0.2) is 4.39 Å². The van der Waals surface area contributed by atoms with Crippen molar-refractivity contribution in [1.29, 1.82) is 0 Å². The number of carbonyl (C=O) groups is 1. The highest BCUT2D eigenvalue weighted by Crippen LogP contribution is 2.23. The Kier molecular flexibility index (Phi) is 6.31. The molecule has 0 aromatic heterocycles. The number of nitrogens with one attached hydrogen (secondary N) is 2. The van der Waals surface area contributed by atoms with Gasteiger partial charge in [0.1, 0.15) is 11.9 Å². The molecule has 0 spiro atoms. The van der Waals surface area contributed by atoms with Crippen molar-refractivity contribution in [3.8, 4) is 0 Å². The van der Waals surface area contributed by atoms with E-state index in [9.17, 15) is 22.4 Å². The highest BCUT2D eigenvalue weighted by molar-refractivity contribution is 5.95. The number of anilines is 1. The minimum Gasteiger partial charge on any atom is -0.324 e. The molecule has 2 aromatic rings. The van der Waals surface area contributed by atoms with Gasteiger partial charge in [0.25, 0.3) is 0 Å². The number of rotatable bonds is 6. The van der Waals surface area contributed by atoms with Crippen molar-refractivity contribution in [2.45, 2.75) is 24.7 Å². The molecule has 0 aliphatic carbocycles. The van der Waals surface area contributed by atoms with Crippen LogP contribution in [0.25, 0.3) is 0 Å². The summed E-state index contributed by atoms with van der Waals surface area (Å²) in [4.78, 5) is 14.2. The van der Waals surface area contributed by atoms with Gasteiger partial charge in [0.05, 0.1) is 6.54 Å². The molecule has 0 saturated carbocycles. The number of halogens is 4. The van der Waals surface area contributed by atoms with Gasteiger partial charge >= 0.3 is 6.18 Å². The summed E-state index contributed by atoms with van der Waals surface area (Å²) < 4.78 is 50.9. The first-order chi connectivity index (χ1) is 13.3. The van der Waals surface area contributed by atoms with Crippen LogP contribution in [0.1, 0.15) is 18.0 Å². The molecule has 0 unspecified atom stereocenters. The maximum Gasteiger partial charge on any atom is 0.401 e. The highest BCUT2D eigenvalue weighted by Gasteiger charge is 2.35. The predicted octanol–water partition coefficient (Wildman–Crippen LogP) is 3.73. The molecule has 0 bridgehead atoms. The summed E-state index contributed by atoms with van der Waals surface area (Å²) in [5, 5.41) is 5.91. The molecule has 1 aliphatic heterocycles. The standard InChI is InChI=1S/C20H21F4N3O/c21-15-6-8-16(9-7-15)26-19(28)18(14-4-2-1-3-5-14)25-17-10-11-27(12-17)13-20(22,23)24/h1-9,17-18,25H,10-13H2,(H,26,28)/t17-,18+/m1/s1. The number of hydrogen-bond donors (Lipinski definition) is 2. The van der Waals surface area contributed by atoms with Crippen LogP contribution in [-0.4, -0.2) is 42.7 Å². The lowest BCUT2D eigenvalue weighted by Gasteiger charge is -2.24. The van der Waals surface area contributed by atoms with E-state index in [1.165, 1.54) is 29.2 Å². The molecule has 2 aromatic carbocycles. The lowest BCUT2D eigenvalue weighted by Crippen LogP contribution is -2.42. The third-order valence-corrected chi connectivity index (χ3v) is 4.58. The van der Waals surface area contributed by atoms with E-state index < -0.39 is 24.6 Å². The van der Waals surface area contributed by atoms with E-state index >= 15 is 0 Å². The topological polar surface area (TPSA) is 44.4 Å². The Hall–Kier alpha value is -2.45. The minimum atomic E-state index is -4.24. The largest absolute Gasteiger partial charge is 0.401 e. The molecule has 1 amide bonds. The van der Waals surface area contributed by atoms with Crippen LogP contribution in [-0.2, 0) is 4.79 Å². The first-order valence-corrected chi connectivity index (χ1v) is 8.97. The third kappa shape index (κ3) is 5.77. The Balaban J connectivity index is 1.69. The Morgan fingerprint density at radius 3 is 2.43 bits per heavy atom. The fourth-order valence-corrected chi connectivity index (χ4v) is 3.32. The summed E-state index contributed by atoms with van der Waals surface area (Å²) in [6, 6.07) is 13.4. The van der Waals surface area contributed by atoms with Gasteiger partial charge in [-0.3, -0.25) is 15.0 Å². The quantitative estimate of drug-likeness (QED) is 0.733. The van der Waals surface area contributed by atoms with Crippen molar-refractivity contribution in [3.63, 3.8) is 0 Å². The van der Waals surface area contributed by atoms with Gasteiger partial charge in [0.2, 0.25) is 5.91 Å². The Bertz CT molecular complexity index is 780. The second kappa shape index (κ2) is 8.70. The average molecular weight is 395 g/mol. The van der Waals surface area contributed by atoms with Gasteiger partial charge in [0.15, 0.2) is 0 Å². The van der Waals surface area contributed by atoms with Crippen molar-refractivity contribution in [2.75, 3.05) is 25.0 Å². The molecule has 1 aliphatic rings. The number of amides is 1. The second-order valence-corrected chi connectivity index (χ2v) is 6.84. The maximum absolute atomic E-state index is 13.1. The van der Waals surface area contributed by atoms with Crippen LogP contribution < -0.4 is 10.6 Å². The lowest BCUT2D eigenvalue weighted by molar-refractivity contribution is -0.143. The number of carbonyl (C=O) groups excluding carboxylic acids is 1. The Morgan fingerprint density at radius 2 is 1.79 bits per heavy atom. The van der Waals surface area contributed by atoms with Crippen molar-refractivity contribution in [1.82, 2.24) is 10.2 Å². The fraction of sp³-hybridized carbons (Fsp3) is 0.350. The molecule has 4 nitrogen and oxygen atoms in total. The van der Waals surface area contributed by atoms with Gasteiger partial charge in [-0.05, 0) is 36.2 Å². The zero-order valence-corrected chi connectivity index (χ0v) is 15.0. The summed E-state index contributed by atoms with van der Waals surface area (Å²) in [5.74, 6) is -0.765. The summed E-state index contributed by atoms with van der Waals surface area (Å²) in [5.41, 5.74) is 1.15. The fourth-order valence-electron chi connectivity index (χ4n) is 3.32. The van der Waals surface area contributed by atoms with Crippen molar-refractivity contribution < 1.29 is 22.4 Å². The number of hydrogen-bond acceptors (Lipinski definition) is 3. The van der Waals surface area contributed by atoms with Gasteiger partial charge in [-0.2, -0.15) is 13.2 Å². The van der Waals surface area contributed by atoms with E-state index in [4.69, 9.17) is 0 Å². The molecule has 2 atom stereocenters. The Morgan fingerprint density at radius 1 is 1.11 bits per heavy atom. The average Bonchev–Trinajstić information content (AvgIpc) is 3.07. The molecule has 1 heterocycles. The van der Waals surface area contributed by atoms with E-state index in [0.717, 1.165) is 0 Å². The zero-order chi connectivity index (χ0) is 20.1. The monoisotopic (exact) mass is 395 g/mol. The number of nitrogens with zero attached hydrogens (tertiary/aromatic N) is 1. The first-order valence-electron chi connectivity index (χ1n) is 8.97. The van der Waals surface area contributed by atoms with Crippen molar-refractivity contribution in [2.24, 2.45) is 0 Å². The molecule has 28 heavy (non-hydrogen) atoms. The molecule has 1 fully saturated rings. The van der Waals surface area contributed by atoms with Gasteiger partial charge < -0.3 is 5.32 Å². The lowest BCUT2D eigenvalue weighted by atomic mass is 10.0. The van der Waals surface area contributed by atoms with E-state index in [2.05, 4.69) is 10.6 Å². The molecule has 0 radical (unpaired) electrons. The molecular formula is C20H21F4N3O. The predicted molar refractivity (Wildman–Crippen MR) is 98.2 cm³/mol. The summed E-state index contributed by atoms with van der Waals surface area (Å²) >= 11 is 0. The summed E-state index contributed by atoms with van der Waals surface area (Å²) in [6.45, 7) is -0.423. The van der Waals surface area contributed by atoms with Crippen LogP contribution in [0.2, 0.25) is 0 Å². The SMILES string of the molecule is O=C(Nc1ccc(F)cc1)[C@@H](N[C@@H]1CCN(CC(F)(F)F)C1)c1ccccc1. The van der Waals surface area contributed by atoms with Gasteiger partial charge in [0, 0.05) is 24.8 Å². The Labute approximate surface area is 160 Å². The number of benzene rings is 2.